The third-order valence-electron chi connectivity index (χ3n) is 3.74. The van der Waals surface area contributed by atoms with Crippen molar-refractivity contribution in [1.82, 2.24) is 0 Å². The van der Waals surface area contributed by atoms with Crippen LogP contribution in [0, 0.1) is 0 Å². The van der Waals surface area contributed by atoms with Gasteiger partial charge in [-0.05, 0) is 19.1 Å². The molecule has 0 aromatic heterocycles. The van der Waals surface area contributed by atoms with Crippen molar-refractivity contribution in [3.05, 3.63) is 18.2 Å². The third-order valence-corrected chi connectivity index (χ3v) is 3.74. The normalized spacial score (nSPS) is 24.7. The quantitative estimate of drug-likeness (QED) is 0.867. The number of nitrogens with two attached hydrogens (primary N) is 1. The highest BCUT2D eigenvalue weighted by Crippen LogP contribution is 2.37. The maximum atomic E-state index is 11.9. The first-order chi connectivity index (χ1) is 10.0. The minimum absolute atomic E-state index is 0.0981. The average molecular weight is 291 g/mol. The van der Waals surface area contributed by atoms with E-state index in [9.17, 15) is 9.59 Å². The van der Waals surface area contributed by atoms with Gasteiger partial charge >= 0.3 is 6.09 Å². The van der Waals surface area contributed by atoms with Crippen LogP contribution < -0.4 is 20.3 Å². The summed E-state index contributed by atoms with van der Waals surface area (Å²) in [5.41, 5.74) is 6.88. The summed E-state index contributed by atoms with van der Waals surface area (Å²) >= 11 is 0. The predicted molar refractivity (Wildman–Crippen MR) is 76.6 cm³/mol. The van der Waals surface area contributed by atoms with Gasteiger partial charge in [0.05, 0.1) is 17.9 Å². The van der Waals surface area contributed by atoms with Crippen LogP contribution in [-0.2, 0) is 9.53 Å². The third kappa shape index (κ3) is 2.19. The van der Waals surface area contributed by atoms with E-state index in [-0.39, 0.29) is 18.6 Å². The fraction of sp³-hybridized carbons (Fsp3) is 0.429. The van der Waals surface area contributed by atoms with Crippen LogP contribution in [0.3, 0.4) is 0 Å². The first-order valence-corrected chi connectivity index (χ1v) is 6.77. The van der Waals surface area contributed by atoms with E-state index in [0.717, 1.165) is 0 Å². The summed E-state index contributed by atoms with van der Waals surface area (Å²) in [7, 11) is 1.70. The van der Waals surface area contributed by atoms with E-state index in [4.69, 9.17) is 15.2 Å². The Balaban J connectivity index is 1.92. The zero-order chi connectivity index (χ0) is 15.1. The Morgan fingerprint density at radius 3 is 2.76 bits per heavy atom. The number of carbonyl (C=O) groups is 2. The van der Waals surface area contributed by atoms with Gasteiger partial charge in [0, 0.05) is 19.7 Å². The first-order valence-electron chi connectivity index (χ1n) is 6.77. The van der Waals surface area contributed by atoms with E-state index >= 15 is 0 Å². The Labute approximate surface area is 122 Å². The molecule has 1 fully saturated rings. The van der Waals surface area contributed by atoms with Crippen molar-refractivity contribution in [3.63, 3.8) is 0 Å². The maximum absolute atomic E-state index is 11.9. The maximum Gasteiger partial charge on any atom is 0.414 e. The number of hydrogen-bond donors (Lipinski definition) is 1. The zero-order valence-electron chi connectivity index (χ0n) is 11.9. The molecule has 2 aliphatic heterocycles. The van der Waals surface area contributed by atoms with Gasteiger partial charge in [-0.2, -0.15) is 0 Å². The van der Waals surface area contributed by atoms with Crippen molar-refractivity contribution in [2.75, 3.05) is 29.9 Å². The van der Waals surface area contributed by atoms with Crippen LogP contribution in [0.25, 0.3) is 0 Å². The second-order valence-corrected chi connectivity index (χ2v) is 5.16. The molecule has 1 aromatic carbocycles. The molecule has 2 heterocycles. The molecule has 1 saturated heterocycles. The van der Waals surface area contributed by atoms with E-state index in [1.54, 1.807) is 37.1 Å². The summed E-state index contributed by atoms with van der Waals surface area (Å²) in [6.07, 6.45) is -1.25. The highest BCUT2D eigenvalue weighted by molar-refractivity contribution is 6.00. The van der Waals surface area contributed by atoms with E-state index in [0.29, 0.717) is 23.7 Å². The minimum Gasteiger partial charge on any atom is -0.479 e. The Kier molecular flexibility index (Phi) is 3.21. The fourth-order valence-electron chi connectivity index (χ4n) is 2.53. The zero-order valence-corrected chi connectivity index (χ0v) is 11.9. The van der Waals surface area contributed by atoms with Gasteiger partial charge < -0.3 is 20.1 Å². The van der Waals surface area contributed by atoms with Crippen LogP contribution in [-0.4, -0.2) is 44.3 Å². The highest BCUT2D eigenvalue weighted by atomic mass is 16.6. The van der Waals surface area contributed by atoms with Gasteiger partial charge in [-0.1, -0.05) is 0 Å². The molecule has 2 aliphatic rings. The molecule has 0 saturated carbocycles. The molecule has 2 N–H and O–H groups in total. The SMILES string of the molecule is CC1Oc2cc(N3C[C@H](CN)OC3=O)ccc2N(C)C1=O. The number of benzene rings is 1. The fourth-order valence-corrected chi connectivity index (χ4v) is 2.53. The first kappa shape index (κ1) is 13.7. The lowest BCUT2D eigenvalue weighted by atomic mass is 10.1. The molecule has 0 spiro atoms. The number of carbonyl (C=O) groups excluding carboxylic acids is 2. The van der Waals surface area contributed by atoms with Gasteiger partial charge in [-0.15, -0.1) is 0 Å². The highest BCUT2D eigenvalue weighted by Gasteiger charge is 2.34. The Bertz CT molecular complexity index is 604. The van der Waals surface area contributed by atoms with Gasteiger partial charge in [0.1, 0.15) is 11.9 Å². The molecule has 7 heteroatoms. The lowest BCUT2D eigenvalue weighted by molar-refractivity contribution is -0.125. The standard InChI is InChI=1S/C14H17N3O4/c1-8-13(18)16(2)11-4-3-9(5-12(11)20-8)17-7-10(6-15)21-14(17)19/h3-5,8,10H,6-7,15H2,1-2H3/t8?,10-/m0/s1. The molecular weight excluding hydrogens is 274 g/mol. The van der Waals surface area contributed by atoms with Gasteiger partial charge in [0.15, 0.2) is 6.10 Å². The van der Waals surface area contributed by atoms with Crippen LogP contribution in [0.1, 0.15) is 6.92 Å². The summed E-state index contributed by atoms with van der Waals surface area (Å²) in [6.45, 7) is 2.40. The molecule has 2 amide bonds. The predicted octanol–water partition coefficient (Wildman–Crippen LogP) is 0.714. The summed E-state index contributed by atoms with van der Waals surface area (Å²) in [5, 5.41) is 0. The van der Waals surface area contributed by atoms with Crippen molar-refractivity contribution < 1.29 is 19.1 Å². The van der Waals surface area contributed by atoms with E-state index in [1.807, 2.05) is 0 Å². The largest absolute Gasteiger partial charge is 0.479 e. The summed E-state index contributed by atoms with van der Waals surface area (Å²) < 4.78 is 10.7. The van der Waals surface area contributed by atoms with Crippen molar-refractivity contribution in [2.45, 2.75) is 19.1 Å². The van der Waals surface area contributed by atoms with Crippen molar-refractivity contribution >= 4 is 23.4 Å². The lowest BCUT2D eigenvalue weighted by Gasteiger charge is -2.31. The smallest absolute Gasteiger partial charge is 0.414 e. The Hall–Kier alpha value is -2.28. The number of ether oxygens (including phenoxy) is 2. The summed E-state index contributed by atoms with van der Waals surface area (Å²) in [6, 6.07) is 5.27. The minimum atomic E-state index is -0.542. The molecular formula is C14H17N3O4. The molecule has 112 valence electrons. The van der Waals surface area contributed by atoms with Crippen LogP contribution in [0.2, 0.25) is 0 Å². The van der Waals surface area contributed by atoms with Crippen molar-refractivity contribution in [3.8, 4) is 5.75 Å². The second kappa shape index (κ2) is 4.92. The van der Waals surface area contributed by atoms with Crippen molar-refractivity contribution in [2.24, 2.45) is 5.73 Å². The number of amides is 2. The number of cyclic esters (lactones) is 1. The summed E-state index contributed by atoms with van der Waals surface area (Å²) in [5.74, 6) is 0.477. The van der Waals surface area contributed by atoms with Gasteiger partial charge in [0.2, 0.25) is 0 Å². The number of rotatable bonds is 2. The number of nitrogens with zero attached hydrogens (tertiary/aromatic N) is 2. The van der Waals surface area contributed by atoms with Gasteiger partial charge in [-0.3, -0.25) is 9.69 Å². The number of fused-ring (bicyclic) bond motifs is 1. The second-order valence-electron chi connectivity index (χ2n) is 5.16. The monoisotopic (exact) mass is 291 g/mol. The van der Waals surface area contributed by atoms with E-state index in [1.165, 1.54) is 4.90 Å². The van der Waals surface area contributed by atoms with Gasteiger partial charge in [0.25, 0.3) is 5.91 Å². The lowest BCUT2D eigenvalue weighted by Crippen LogP contribution is -2.42. The van der Waals surface area contributed by atoms with Crippen LogP contribution in [0.15, 0.2) is 18.2 Å². The van der Waals surface area contributed by atoms with Crippen LogP contribution in [0.5, 0.6) is 5.75 Å². The molecule has 21 heavy (non-hydrogen) atoms. The topological polar surface area (TPSA) is 85.1 Å². The van der Waals surface area contributed by atoms with Crippen LogP contribution >= 0.6 is 0 Å². The van der Waals surface area contributed by atoms with E-state index in [2.05, 4.69) is 0 Å². The van der Waals surface area contributed by atoms with Crippen LogP contribution in [0.4, 0.5) is 16.2 Å². The molecule has 7 nitrogen and oxygen atoms in total. The molecule has 0 aliphatic carbocycles. The molecule has 3 rings (SSSR count). The number of likely N-dealkylation sites (N-methyl/N-ethyl adjacent to an activating group) is 1. The van der Waals surface area contributed by atoms with Crippen molar-refractivity contribution in [1.29, 1.82) is 0 Å². The molecule has 1 aromatic rings. The number of hydrogen-bond acceptors (Lipinski definition) is 5. The molecule has 0 bridgehead atoms. The molecule has 2 atom stereocenters. The average Bonchev–Trinajstić information content (AvgIpc) is 2.85. The Morgan fingerprint density at radius 1 is 1.33 bits per heavy atom. The Morgan fingerprint density at radius 2 is 2.10 bits per heavy atom. The van der Waals surface area contributed by atoms with E-state index < -0.39 is 12.2 Å². The summed E-state index contributed by atoms with van der Waals surface area (Å²) in [4.78, 5) is 26.8. The van der Waals surface area contributed by atoms with Gasteiger partial charge in [-0.25, -0.2) is 4.79 Å². The molecule has 1 unspecified atom stereocenters. The molecule has 0 radical (unpaired) electrons. The number of anilines is 2.